The van der Waals surface area contributed by atoms with Crippen LogP contribution in [0.5, 0.6) is 0 Å². The molecule has 0 aromatic heterocycles. The molecule has 1 saturated heterocycles. The maximum absolute atomic E-state index is 3.71. The Kier molecular flexibility index (Phi) is 6.10. The highest BCUT2D eigenvalue weighted by Crippen LogP contribution is 2.31. The molecule has 0 saturated carbocycles. The van der Waals surface area contributed by atoms with Crippen molar-refractivity contribution in [1.82, 2.24) is 10.2 Å². The van der Waals surface area contributed by atoms with Crippen LogP contribution in [0.1, 0.15) is 68.2 Å². The van der Waals surface area contributed by atoms with Crippen molar-refractivity contribution in [3.05, 3.63) is 0 Å². The van der Waals surface area contributed by atoms with Gasteiger partial charge in [-0.15, -0.1) is 0 Å². The molecular weight excluding hydrogens is 244 g/mol. The van der Waals surface area contributed by atoms with E-state index in [0.29, 0.717) is 5.41 Å². The Labute approximate surface area is 127 Å². The second-order valence-corrected chi connectivity index (χ2v) is 8.76. The van der Waals surface area contributed by atoms with Crippen LogP contribution in [-0.2, 0) is 0 Å². The minimum Gasteiger partial charge on any atom is -0.311 e. The van der Waals surface area contributed by atoms with Crippen molar-refractivity contribution in [2.24, 2.45) is 17.3 Å². The normalized spacial score (nSPS) is 32.1. The van der Waals surface area contributed by atoms with Crippen molar-refractivity contribution in [1.29, 1.82) is 0 Å². The van der Waals surface area contributed by atoms with Crippen LogP contribution in [0.15, 0.2) is 0 Å². The maximum Gasteiger partial charge on any atom is 0.00967 e. The summed E-state index contributed by atoms with van der Waals surface area (Å²) in [6, 6.07) is 0.728. The number of rotatable bonds is 5. The van der Waals surface area contributed by atoms with Gasteiger partial charge in [-0.25, -0.2) is 0 Å². The van der Waals surface area contributed by atoms with Gasteiger partial charge in [-0.1, -0.05) is 27.7 Å². The molecule has 120 valence electrons. The Morgan fingerprint density at radius 1 is 1.10 bits per heavy atom. The Morgan fingerprint density at radius 3 is 2.20 bits per heavy atom. The highest BCUT2D eigenvalue weighted by molar-refractivity contribution is 4.88. The predicted molar refractivity (Wildman–Crippen MR) is 90.1 cm³/mol. The lowest BCUT2D eigenvalue weighted by Gasteiger charge is -2.46. The summed E-state index contributed by atoms with van der Waals surface area (Å²) in [6.07, 6.45) is 2.63. The van der Waals surface area contributed by atoms with Gasteiger partial charge < -0.3 is 5.32 Å². The van der Waals surface area contributed by atoms with Crippen LogP contribution in [0.3, 0.4) is 0 Å². The molecule has 1 heterocycles. The number of hydrogen-bond donors (Lipinski definition) is 1. The molecule has 1 aliphatic rings. The smallest absolute Gasteiger partial charge is 0.00967 e. The van der Waals surface area contributed by atoms with Gasteiger partial charge in [0.25, 0.3) is 0 Å². The van der Waals surface area contributed by atoms with Crippen molar-refractivity contribution in [3.8, 4) is 0 Å². The zero-order valence-electron chi connectivity index (χ0n) is 15.2. The van der Waals surface area contributed by atoms with Crippen molar-refractivity contribution in [2.45, 2.75) is 79.8 Å². The largest absolute Gasteiger partial charge is 0.311 e. The third-order valence-electron chi connectivity index (χ3n) is 5.20. The van der Waals surface area contributed by atoms with Crippen LogP contribution in [0.2, 0.25) is 0 Å². The zero-order valence-corrected chi connectivity index (χ0v) is 15.2. The lowest BCUT2D eigenvalue weighted by atomic mass is 9.81. The fraction of sp³-hybridized carbons (Fsp3) is 1.00. The van der Waals surface area contributed by atoms with Crippen LogP contribution >= 0.6 is 0 Å². The number of nitrogens with one attached hydrogen (secondary N) is 1. The number of piperidine rings is 1. The van der Waals surface area contributed by atoms with Crippen molar-refractivity contribution >= 4 is 0 Å². The highest BCUT2D eigenvalue weighted by atomic mass is 15.2. The first kappa shape index (κ1) is 18.0. The summed E-state index contributed by atoms with van der Waals surface area (Å²) in [5.74, 6) is 1.67. The van der Waals surface area contributed by atoms with Crippen LogP contribution < -0.4 is 5.32 Å². The van der Waals surface area contributed by atoms with Gasteiger partial charge in [0.15, 0.2) is 0 Å². The van der Waals surface area contributed by atoms with Gasteiger partial charge in [-0.05, 0) is 57.8 Å². The first-order valence-electron chi connectivity index (χ1n) is 8.55. The van der Waals surface area contributed by atoms with Gasteiger partial charge in [0.2, 0.25) is 0 Å². The fourth-order valence-electron chi connectivity index (χ4n) is 3.30. The van der Waals surface area contributed by atoms with Gasteiger partial charge in [0, 0.05) is 31.2 Å². The third-order valence-corrected chi connectivity index (χ3v) is 5.20. The Balaban J connectivity index is 2.65. The summed E-state index contributed by atoms with van der Waals surface area (Å²) in [6.45, 7) is 22.4. The lowest BCUT2D eigenvalue weighted by Crippen LogP contribution is -2.53. The van der Waals surface area contributed by atoms with Gasteiger partial charge in [-0.2, -0.15) is 0 Å². The predicted octanol–water partition coefficient (Wildman–Crippen LogP) is 4.16. The van der Waals surface area contributed by atoms with Crippen molar-refractivity contribution < 1.29 is 0 Å². The SMILES string of the molecule is CCC(C)(CNC(C)(C)C)CN1CC(C)CC(C)C1C. The van der Waals surface area contributed by atoms with E-state index < -0.39 is 0 Å². The quantitative estimate of drug-likeness (QED) is 0.814. The van der Waals surface area contributed by atoms with E-state index in [1.807, 2.05) is 0 Å². The summed E-state index contributed by atoms with van der Waals surface area (Å²) in [7, 11) is 0. The van der Waals surface area contributed by atoms with E-state index in [1.165, 1.54) is 25.9 Å². The molecular formula is C18H38N2. The molecule has 1 fully saturated rings. The van der Waals surface area contributed by atoms with E-state index in [-0.39, 0.29) is 5.54 Å². The van der Waals surface area contributed by atoms with Crippen LogP contribution in [-0.4, -0.2) is 36.1 Å². The molecule has 1 rings (SSSR count). The molecule has 1 aliphatic heterocycles. The molecule has 0 spiro atoms. The molecule has 20 heavy (non-hydrogen) atoms. The van der Waals surface area contributed by atoms with E-state index in [1.54, 1.807) is 0 Å². The fourth-order valence-corrected chi connectivity index (χ4v) is 3.30. The molecule has 0 amide bonds. The monoisotopic (exact) mass is 282 g/mol. The van der Waals surface area contributed by atoms with E-state index in [0.717, 1.165) is 24.4 Å². The van der Waals surface area contributed by atoms with Crippen molar-refractivity contribution in [2.75, 3.05) is 19.6 Å². The van der Waals surface area contributed by atoms with Crippen LogP contribution in [0.25, 0.3) is 0 Å². The molecule has 2 heteroatoms. The average Bonchev–Trinajstić information content (AvgIpc) is 2.32. The summed E-state index contributed by atoms with van der Waals surface area (Å²) in [5.41, 5.74) is 0.586. The maximum atomic E-state index is 3.71. The molecule has 2 nitrogen and oxygen atoms in total. The molecule has 0 radical (unpaired) electrons. The molecule has 4 atom stereocenters. The standard InChI is InChI=1S/C18H38N2/c1-9-18(8,12-19-17(5,6)7)13-20-11-14(2)10-15(3)16(20)4/h14-16,19H,9-13H2,1-8H3. The molecule has 0 bridgehead atoms. The number of hydrogen-bond acceptors (Lipinski definition) is 2. The Hall–Kier alpha value is -0.0800. The summed E-state index contributed by atoms with van der Waals surface area (Å²) < 4.78 is 0. The average molecular weight is 283 g/mol. The first-order chi connectivity index (χ1) is 9.06. The molecule has 0 aromatic carbocycles. The van der Waals surface area contributed by atoms with E-state index in [2.05, 4.69) is 65.6 Å². The van der Waals surface area contributed by atoms with Crippen molar-refractivity contribution in [3.63, 3.8) is 0 Å². The second kappa shape index (κ2) is 6.79. The molecule has 1 N–H and O–H groups in total. The van der Waals surface area contributed by atoms with Gasteiger partial charge in [0.1, 0.15) is 0 Å². The third kappa shape index (κ3) is 5.37. The lowest BCUT2D eigenvalue weighted by molar-refractivity contribution is 0.0377. The van der Waals surface area contributed by atoms with Gasteiger partial charge >= 0.3 is 0 Å². The molecule has 0 aliphatic carbocycles. The number of nitrogens with zero attached hydrogens (tertiary/aromatic N) is 1. The van der Waals surface area contributed by atoms with Crippen LogP contribution in [0, 0.1) is 17.3 Å². The van der Waals surface area contributed by atoms with Gasteiger partial charge in [-0.3, -0.25) is 4.90 Å². The summed E-state index contributed by atoms with van der Waals surface area (Å²) in [4.78, 5) is 2.74. The summed E-state index contributed by atoms with van der Waals surface area (Å²) in [5, 5.41) is 3.71. The van der Waals surface area contributed by atoms with E-state index >= 15 is 0 Å². The number of likely N-dealkylation sites (tertiary alicyclic amines) is 1. The van der Waals surface area contributed by atoms with E-state index in [9.17, 15) is 0 Å². The highest BCUT2D eigenvalue weighted by Gasteiger charge is 2.34. The summed E-state index contributed by atoms with van der Waals surface area (Å²) >= 11 is 0. The molecule has 0 aromatic rings. The second-order valence-electron chi connectivity index (χ2n) is 8.76. The molecule has 4 unspecified atom stereocenters. The van der Waals surface area contributed by atoms with E-state index in [4.69, 9.17) is 0 Å². The van der Waals surface area contributed by atoms with Gasteiger partial charge in [0.05, 0.1) is 0 Å². The minimum atomic E-state index is 0.213. The van der Waals surface area contributed by atoms with Crippen LogP contribution in [0.4, 0.5) is 0 Å². The topological polar surface area (TPSA) is 15.3 Å². The Bertz CT molecular complexity index is 294. The first-order valence-corrected chi connectivity index (χ1v) is 8.55. The Morgan fingerprint density at radius 2 is 1.70 bits per heavy atom. The zero-order chi connectivity index (χ0) is 15.6. The minimum absolute atomic E-state index is 0.213.